The molecule has 1 aliphatic rings. The SMILES string of the molecule is CCN1CCC(NC(=O)c2cccc(-c3ccc(OC(F)(F)F)cc3)c2)CC1. The minimum absolute atomic E-state index is 0.131. The molecule has 0 bridgehead atoms. The van der Waals surface area contributed by atoms with E-state index in [-0.39, 0.29) is 17.7 Å². The Labute approximate surface area is 162 Å². The van der Waals surface area contributed by atoms with Gasteiger partial charge in [0.05, 0.1) is 0 Å². The smallest absolute Gasteiger partial charge is 0.406 e. The van der Waals surface area contributed by atoms with Crippen molar-refractivity contribution in [3.8, 4) is 16.9 Å². The second-order valence-electron chi connectivity index (χ2n) is 6.83. The van der Waals surface area contributed by atoms with Gasteiger partial charge in [0.15, 0.2) is 0 Å². The molecule has 1 fully saturated rings. The first-order valence-corrected chi connectivity index (χ1v) is 9.33. The van der Waals surface area contributed by atoms with E-state index in [1.54, 1.807) is 30.3 Å². The highest BCUT2D eigenvalue weighted by Crippen LogP contribution is 2.27. The summed E-state index contributed by atoms with van der Waals surface area (Å²) in [5, 5.41) is 3.08. The number of halogens is 3. The highest BCUT2D eigenvalue weighted by molar-refractivity contribution is 5.95. The van der Waals surface area contributed by atoms with Crippen LogP contribution in [0.25, 0.3) is 11.1 Å². The van der Waals surface area contributed by atoms with Gasteiger partial charge in [0.2, 0.25) is 0 Å². The molecule has 0 saturated carbocycles. The molecule has 1 aliphatic heterocycles. The number of amides is 1. The summed E-state index contributed by atoms with van der Waals surface area (Å²) in [4.78, 5) is 14.9. The molecule has 150 valence electrons. The summed E-state index contributed by atoms with van der Waals surface area (Å²) >= 11 is 0. The van der Waals surface area contributed by atoms with Crippen molar-refractivity contribution < 1.29 is 22.7 Å². The van der Waals surface area contributed by atoms with E-state index in [9.17, 15) is 18.0 Å². The minimum Gasteiger partial charge on any atom is -0.406 e. The largest absolute Gasteiger partial charge is 0.573 e. The van der Waals surface area contributed by atoms with Gasteiger partial charge in [-0.05, 0) is 54.8 Å². The summed E-state index contributed by atoms with van der Waals surface area (Å²) in [6, 6.07) is 12.8. The van der Waals surface area contributed by atoms with Gasteiger partial charge >= 0.3 is 6.36 Å². The Morgan fingerprint density at radius 1 is 1.11 bits per heavy atom. The number of hydrogen-bond acceptors (Lipinski definition) is 3. The Morgan fingerprint density at radius 2 is 1.79 bits per heavy atom. The van der Waals surface area contributed by atoms with Crippen LogP contribution in [0.5, 0.6) is 5.75 Å². The average Bonchev–Trinajstić information content (AvgIpc) is 2.68. The number of carbonyl (C=O) groups is 1. The number of ether oxygens (including phenoxy) is 1. The van der Waals surface area contributed by atoms with Gasteiger partial charge in [-0.1, -0.05) is 31.2 Å². The summed E-state index contributed by atoms with van der Waals surface area (Å²) in [6.07, 6.45) is -2.85. The van der Waals surface area contributed by atoms with Crippen molar-refractivity contribution >= 4 is 5.91 Å². The standard InChI is InChI=1S/C21H23F3N2O2/c1-2-26-12-10-18(11-13-26)25-20(27)17-5-3-4-16(14-17)15-6-8-19(9-7-15)28-21(22,23)24/h3-9,14,18H,2,10-13H2,1H3,(H,25,27). The molecule has 0 aliphatic carbocycles. The van der Waals surface area contributed by atoms with Gasteiger partial charge in [-0.15, -0.1) is 13.2 Å². The molecule has 1 N–H and O–H groups in total. The Hall–Kier alpha value is -2.54. The van der Waals surface area contributed by atoms with Gasteiger partial charge in [-0.25, -0.2) is 0 Å². The maximum atomic E-state index is 12.6. The van der Waals surface area contributed by atoms with Crippen LogP contribution in [0.15, 0.2) is 48.5 Å². The normalized spacial score (nSPS) is 16.0. The molecular weight excluding hydrogens is 369 g/mol. The van der Waals surface area contributed by atoms with E-state index < -0.39 is 6.36 Å². The van der Waals surface area contributed by atoms with Crippen LogP contribution in [-0.4, -0.2) is 42.8 Å². The molecule has 3 rings (SSSR count). The molecule has 0 spiro atoms. The molecule has 1 amide bonds. The number of hydrogen-bond donors (Lipinski definition) is 1. The topological polar surface area (TPSA) is 41.6 Å². The van der Waals surface area contributed by atoms with Crippen LogP contribution in [0.3, 0.4) is 0 Å². The zero-order valence-corrected chi connectivity index (χ0v) is 15.6. The molecular formula is C21H23F3N2O2. The third-order valence-corrected chi connectivity index (χ3v) is 4.92. The lowest BCUT2D eigenvalue weighted by Crippen LogP contribution is -2.44. The zero-order chi connectivity index (χ0) is 20.1. The Bertz CT molecular complexity index is 798. The third-order valence-electron chi connectivity index (χ3n) is 4.92. The first kappa shape index (κ1) is 20.2. The van der Waals surface area contributed by atoms with E-state index >= 15 is 0 Å². The van der Waals surface area contributed by atoms with Gasteiger partial charge in [-0.2, -0.15) is 0 Å². The number of piperidine rings is 1. The fourth-order valence-electron chi connectivity index (χ4n) is 3.35. The monoisotopic (exact) mass is 392 g/mol. The molecule has 4 nitrogen and oxygen atoms in total. The first-order chi connectivity index (χ1) is 13.3. The fourth-order valence-corrected chi connectivity index (χ4v) is 3.35. The quantitative estimate of drug-likeness (QED) is 0.817. The molecule has 28 heavy (non-hydrogen) atoms. The third kappa shape index (κ3) is 5.48. The van der Waals surface area contributed by atoms with Crippen LogP contribution < -0.4 is 10.1 Å². The molecule has 0 unspecified atom stereocenters. The number of benzene rings is 2. The molecule has 0 radical (unpaired) electrons. The zero-order valence-electron chi connectivity index (χ0n) is 15.6. The van der Waals surface area contributed by atoms with Crippen molar-refractivity contribution in [1.82, 2.24) is 10.2 Å². The lowest BCUT2D eigenvalue weighted by molar-refractivity contribution is -0.274. The minimum atomic E-state index is -4.72. The van der Waals surface area contributed by atoms with E-state index in [1.165, 1.54) is 12.1 Å². The summed E-state index contributed by atoms with van der Waals surface area (Å²) in [6.45, 7) is 5.11. The second-order valence-corrected chi connectivity index (χ2v) is 6.83. The Kier molecular flexibility index (Phi) is 6.24. The van der Waals surface area contributed by atoms with E-state index in [4.69, 9.17) is 0 Å². The highest BCUT2D eigenvalue weighted by atomic mass is 19.4. The van der Waals surface area contributed by atoms with E-state index in [1.807, 2.05) is 6.07 Å². The maximum Gasteiger partial charge on any atom is 0.573 e. The highest BCUT2D eigenvalue weighted by Gasteiger charge is 2.31. The van der Waals surface area contributed by atoms with Crippen molar-refractivity contribution in [2.75, 3.05) is 19.6 Å². The van der Waals surface area contributed by atoms with Crippen molar-refractivity contribution in [1.29, 1.82) is 0 Å². The van der Waals surface area contributed by atoms with Crippen LogP contribution in [0, 0.1) is 0 Å². The van der Waals surface area contributed by atoms with Crippen LogP contribution in [-0.2, 0) is 0 Å². The maximum absolute atomic E-state index is 12.6. The Balaban J connectivity index is 1.66. The van der Waals surface area contributed by atoms with Crippen molar-refractivity contribution in [2.24, 2.45) is 0 Å². The number of carbonyl (C=O) groups excluding carboxylic acids is 1. The van der Waals surface area contributed by atoms with Crippen molar-refractivity contribution in [2.45, 2.75) is 32.2 Å². The molecule has 0 atom stereocenters. The van der Waals surface area contributed by atoms with Crippen LogP contribution in [0.1, 0.15) is 30.1 Å². The molecule has 2 aromatic carbocycles. The average molecular weight is 392 g/mol. The summed E-state index contributed by atoms with van der Waals surface area (Å²) < 4.78 is 40.7. The number of likely N-dealkylation sites (tertiary alicyclic amines) is 1. The van der Waals surface area contributed by atoms with E-state index in [0.717, 1.165) is 38.0 Å². The van der Waals surface area contributed by atoms with E-state index in [0.29, 0.717) is 11.1 Å². The van der Waals surface area contributed by atoms with Crippen molar-refractivity contribution in [3.63, 3.8) is 0 Å². The molecule has 1 heterocycles. The van der Waals surface area contributed by atoms with Crippen LogP contribution in [0.4, 0.5) is 13.2 Å². The van der Waals surface area contributed by atoms with Gasteiger partial charge in [0.1, 0.15) is 5.75 Å². The number of alkyl halides is 3. The lowest BCUT2D eigenvalue weighted by Gasteiger charge is -2.31. The number of nitrogens with zero attached hydrogens (tertiary/aromatic N) is 1. The molecule has 1 saturated heterocycles. The van der Waals surface area contributed by atoms with Gasteiger partial charge in [0, 0.05) is 24.7 Å². The first-order valence-electron chi connectivity index (χ1n) is 9.33. The summed E-state index contributed by atoms with van der Waals surface area (Å²) in [5.74, 6) is -0.405. The van der Waals surface area contributed by atoms with Crippen LogP contribution in [0.2, 0.25) is 0 Å². The lowest BCUT2D eigenvalue weighted by atomic mass is 10.0. The molecule has 2 aromatic rings. The second kappa shape index (κ2) is 8.65. The molecule has 7 heteroatoms. The van der Waals surface area contributed by atoms with Crippen LogP contribution >= 0.6 is 0 Å². The van der Waals surface area contributed by atoms with Gasteiger partial charge < -0.3 is 15.0 Å². The van der Waals surface area contributed by atoms with Gasteiger partial charge in [-0.3, -0.25) is 4.79 Å². The van der Waals surface area contributed by atoms with Crippen molar-refractivity contribution in [3.05, 3.63) is 54.1 Å². The predicted octanol–water partition coefficient (Wildman–Crippen LogP) is 4.47. The predicted molar refractivity (Wildman–Crippen MR) is 101 cm³/mol. The fraction of sp³-hybridized carbons (Fsp3) is 0.381. The van der Waals surface area contributed by atoms with E-state index in [2.05, 4.69) is 21.9 Å². The molecule has 0 aromatic heterocycles. The Morgan fingerprint density at radius 3 is 2.39 bits per heavy atom. The number of rotatable bonds is 5. The number of nitrogens with one attached hydrogen (secondary N) is 1. The summed E-state index contributed by atoms with van der Waals surface area (Å²) in [5.41, 5.74) is 2.00. The van der Waals surface area contributed by atoms with Gasteiger partial charge in [0.25, 0.3) is 5.91 Å². The summed E-state index contributed by atoms with van der Waals surface area (Å²) in [7, 11) is 0.